The van der Waals surface area contributed by atoms with Crippen molar-refractivity contribution in [2.75, 3.05) is 5.32 Å². The molecular weight excluding hydrogens is 428 g/mol. The lowest BCUT2D eigenvalue weighted by Crippen LogP contribution is -2.10. The third-order valence-corrected chi connectivity index (χ3v) is 5.45. The Morgan fingerprint density at radius 2 is 1.79 bits per heavy atom. The van der Waals surface area contributed by atoms with E-state index in [1.165, 1.54) is 0 Å². The van der Waals surface area contributed by atoms with E-state index in [-0.39, 0.29) is 18.3 Å². The second kappa shape index (κ2) is 8.96. The maximum absolute atomic E-state index is 12.6. The first-order valence-electron chi connectivity index (χ1n) is 10.7. The number of carbonyl (C=O) groups is 1. The third kappa shape index (κ3) is 4.12. The second-order valence-corrected chi connectivity index (χ2v) is 7.68. The number of fused-ring (bicyclic) bond motifs is 1. The highest BCUT2D eigenvalue weighted by molar-refractivity contribution is 6.02. The normalized spacial score (nSPS) is 10.7. The van der Waals surface area contributed by atoms with Gasteiger partial charge in [0, 0.05) is 18.3 Å². The number of anilines is 1. The SMILES string of the molecule is Cn1c(-c2ccc(NC(=O)c3ccc(COc4ccccc4C#N)o3)cc2)nc2ccccc21. The number of aryl methyl sites for hydroxylation is 1. The molecular formula is C27H20N4O3. The number of amides is 1. The predicted octanol–water partition coefficient (Wildman–Crippen LogP) is 5.54. The Labute approximate surface area is 195 Å². The van der Waals surface area contributed by atoms with Gasteiger partial charge in [-0.3, -0.25) is 4.79 Å². The number of furan rings is 1. The first kappa shape index (κ1) is 21.0. The molecule has 2 aromatic heterocycles. The Balaban J connectivity index is 1.25. The molecule has 7 heteroatoms. The van der Waals surface area contributed by atoms with Gasteiger partial charge in [-0.05, 0) is 60.7 Å². The zero-order chi connectivity index (χ0) is 23.5. The fourth-order valence-corrected chi connectivity index (χ4v) is 3.71. The Kier molecular flexibility index (Phi) is 5.55. The summed E-state index contributed by atoms with van der Waals surface area (Å²) in [5, 5.41) is 12.0. The molecule has 0 bridgehead atoms. The summed E-state index contributed by atoms with van der Waals surface area (Å²) < 4.78 is 13.3. The maximum atomic E-state index is 12.6. The largest absolute Gasteiger partial charge is 0.484 e. The Hall–Kier alpha value is -4.83. The minimum absolute atomic E-state index is 0.110. The fourth-order valence-electron chi connectivity index (χ4n) is 3.71. The number of aromatic nitrogens is 2. The first-order valence-corrected chi connectivity index (χ1v) is 10.7. The van der Waals surface area contributed by atoms with E-state index in [1.807, 2.05) is 60.1 Å². The van der Waals surface area contributed by atoms with Crippen LogP contribution in [0.4, 0.5) is 5.69 Å². The van der Waals surface area contributed by atoms with Crippen LogP contribution >= 0.6 is 0 Å². The lowest BCUT2D eigenvalue weighted by Gasteiger charge is -2.07. The summed E-state index contributed by atoms with van der Waals surface area (Å²) in [6.07, 6.45) is 0. The highest BCUT2D eigenvalue weighted by Crippen LogP contribution is 2.25. The number of ether oxygens (including phenoxy) is 1. The minimum Gasteiger partial charge on any atom is -0.484 e. The van der Waals surface area contributed by atoms with Crippen molar-refractivity contribution >= 4 is 22.6 Å². The fraction of sp³-hybridized carbons (Fsp3) is 0.0741. The molecule has 2 heterocycles. The van der Waals surface area contributed by atoms with E-state index >= 15 is 0 Å². The summed E-state index contributed by atoms with van der Waals surface area (Å²) in [7, 11) is 1.98. The van der Waals surface area contributed by atoms with Gasteiger partial charge in [-0.15, -0.1) is 0 Å². The van der Waals surface area contributed by atoms with Crippen molar-refractivity contribution in [1.82, 2.24) is 9.55 Å². The van der Waals surface area contributed by atoms with Crippen molar-refractivity contribution < 1.29 is 13.9 Å². The number of rotatable bonds is 6. The molecule has 1 amide bonds. The number of imidazole rings is 1. The van der Waals surface area contributed by atoms with E-state index in [9.17, 15) is 4.79 Å². The number of nitrogens with one attached hydrogen (secondary N) is 1. The zero-order valence-electron chi connectivity index (χ0n) is 18.4. The molecule has 1 N–H and O–H groups in total. The minimum atomic E-state index is -0.362. The molecule has 7 nitrogen and oxygen atoms in total. The molecule has 0 spiro atoms. The average Bonchev–Trinajstić information content (AvgIpc) is 3.48. The van der Waals surface area contributed by atoms with Gasteiger partial charge in [0.25, 0.3) is 5.91 Å². The third-order valence-electron chi connectivity index (χ3n) is 5.45. The highest BCUT2D eigenvalue weighted by atomic mass is 16.5. The molecule has 166 valence electrons. The van der Waals surface area contributed by atoms with Gasteiger partial charge < -0.3 is 19.0 Å². The molecule has 3 aromatic carbocycles. The topological polar surface area (TPSA) is 93.1 Å². The van der Waals surface area contributed by atoms with Gasteiger partial charge >= 0.3 is 0 Å². The van der Waals surface area contributed by atoms with Crippen molar-refractivity contribution in [3.05, 3.63) is 102 Å². The van der Waals surface area contributed by atoms with Gasteiger partial charge in [-0.25, -0.2) is 4.98 Å². The number of hydrogen-bond acceptors (Lipinski definition) is 5. The number of nitriles is 1. The quantitative estimate of drug-likeness (QED) is 0.368. The highest BCUT2D eigenvalue weighted by Gasteiger charge is 2.14. The number of benzene rings is 3. The molecule has 0 radical (unpaired) electrons. The average molecular weight is 448 g/mol. The van der Waals surface area contributed by atoms with Crippen molar-refractivity contribution in [3.63, 3.8) is 0 Å². The molecule has 0 unspecified atom stereocenters. The van der Waals surface area contributed by atoms with Crippen molar-refractivity contribution in [2.24, 2.45) is 7.05 Å². The summed E-state index contributed by atoms with van der Waals surface area (Å²) in [5.41, 5.74) is 4.03. The Bertz CT molecular complexity index is 1520. The second-order valence-electron chi connectivity index (χ2n) is 7.68. The molecule has 0 aliphatic rings. The van der Waals surface area contributed by atoms with Gasteiger partial charge in [0.05, 0.1) is 16.6 Å². The molecule has 0 saturated heterocycles. The summed E-state index contributed by atoms with van der Waals surface area (Å²) >= 11 is 0. The van der Waals surface area contributed by atoms with Gasteiger partial charge in [0.15, 0.2) is 5.76 Å². The Morgan fingerprint density at radius 3 is 2.59 bits per heavy atom. The van der Waals surface area contributed by atoms with Crippen LogP contribution in [0.15, 0.2) is 89.3 Å². The van der Waals surface area contributed by atoms with Crippen LogP contribution in [0, 0.1) is 11.3 Å². The van der Waals surface area contributed by atoms with Gasteiger partial charge in [-0.2, -0.15) is 5.26 Å². The van der Waals surface area contributed by atoms with Gasteiger partial charge in [0.2, 0.25) is 0 Å². The van der Waals surface area contributed by atoms with Crippen molar-refractivity contribution in [2.45, 2.75) is 6.61 Å². The van der Waals surface area contributed by atoms with Gasteiger partial charge in [-0.1, -0.05) is 24.3 Å². The number of nitrogens with zero attached hydrogens (tertiary/aromatic N) is 3. The van der Waals surface area contributed by atoms with Gasteiger partial charge in [0.1, 0.15) is 30.0 Å². The van der Waals surface area contributed by atoms with E-state index in [2.05, 4.69) is 11.4 Å². The monoisotopic (exact) mass is 448 g/mol. The van der Waals surface area contributed by atoms with Crippen LogP contribution in [-0.4, -0.2) is 15.5 Å². The maximum Gasteiger partial charge on any atom is 0.291 e. The van der Waals surface area contributed by atoms with Crippen LogP contribution in [-0.2, 0) is 13.7 Å². The smallest absolute Gasteiger partial charge is 0.291 e. The molecule has 0 atom stereocenters. The van der Waals surface area contributed by atoms with Crippen LogP contribution in [0.3, 0.4) is 0 Å². The van der Waals surface area contributed by atoms with E-state index in [4.69, 9.17) is 19.4 Å². The number of hydrogen-bond donors (Lipinski definition) is 1. The van der Waals surface area contributed by atoms with Crippen molar-refractivity contribution in [1.29, 1.82) is 5.26 Å². The molecule has 0 aliphatic heterocycles. The summed E-state index contributed by atoms with van der Waals surface area (Å²) in [6.45, 7) is 0.110. The standard InChI is InChI=1S/C27H20N4O3/c1-31-23-8-4-3-7-22(23)30-26(31)18-10-12-20(13-11-18)29-27(32)25-15-14-21(34-25)17-33-24-9-5-2-6-19(24)16-28/h2-15H,17H2,1H3,(H,29,32). The van der Waals surface area contributed by atoms with E-state index in [0.717, 1.165) is 22.4 Å². The van der Waals surface area contributed by atoms with Crippen LogP contribution in [0.1, 0.15) is 21.9 Å². The zero-order valence-corrected chi connectivity index (χ0v) is 18.4. The lowest BCUT2D eigenvalue weighted by molar-refractivity contribution is 0.0992. The number of carbonyl (C=O) groups excluding carboxylic acids is 1. The predicted molar refractivity (Wildman–Crippen MR) is 128 cm³/mol. The number of para-hydroxylation sites is 3. The van der Waals surface area contributed by atoms with Crippen LogP contribution in [0.5, 0.6) is 5.75 Å². The molecule has 5 rings (SSSR count). The molecule has 0 fully saturated rings. The first-order chi connectivity index (χ1) is 16.6. The van der Waals surface area contributed by atoms with Crippen molar-refractivity contribution in [3.8, 4) is 23.2 Å². The summed E-state index contributed by atoms with van der Waals surface area (Å²) in [6, 6.07) is 27.8. The molecule has 34 heavy (non-hydrogen) atoms. The summed E-state index contributed by atoms with van der Waals surface area (Å²) in [5.74, 6) is 1.61. The molecule has 0 aliphatic carbocycles. The molecule has 0 saturated carbocycles. The van der Waals surface area contributed by atoms with E-state index < -0.39 is 0 Å². The molecule has 5 aromatic rings. The van der Waals surface area contributed by atoms with E-state index in [0.29, 0.717) is 22.8 Å². The van der Waals surface area contributed by atoms with Crippen LogP contribution < -0.4 is 10.1 Å². The van der Waals surface area contributed by atoms with Crippen LogP contribution in [0.2, 0.25) is 0 Å². The summed E-state index contributed by atoms with van der Waals surface area (Å²) in [4.78, 5) is 17.3. The van der Waals surface area contributed by atoms with E-state index in [1.54, 1.807) is 36.4 Å². The van der Waals surface area contributed by atoms with Crippen LogP contribution in [0.25, 0.3) is 22.4 Å². The Morgan fingerprint density at radius 1 is 1.03 bits per heavy atom. The lowest BCUT2D eigenvalue weighted by atomic mass is 10.2.